The van der Waals surface area contributed by atoms with Gasteiger partial charge in [-0.2, -0.15) is 0 Å². The number of nitrogens with two attached hydrogens (primary N) is 1. The molecule has 1 fully saturated rings. The third-order valence-electron chi connectivity index (χ3n) is 4.14. The summed E-state index contributed by atoms with van der Waals surface area (Å²) in [6.45, 7) is 1.53. The van der Waals surface area contributed by atoms with Crippen LogP contribution in [0.25, 0.3) is 0 Å². The number of amides is 1. The number of rotatable bonds is 6. The highest BCUT2D eigenvalue weighted by Gasteiger charge is 2.17. The van der Waals surface area contributed by atoms with Crippen LogP contribution in [0.5, 0.6) is 5.75 Å². The number of hydrogen-bond donors (Lipinski definition) is 2. The molecular weight excluding hydrogens is 266 g/mol. The van der Waals surface area contributed by atoms with Crippen molar-refractivity contribution in [1.82, 2.24) is 10.3 Å². The molecule has 1 saturated carbocycles. The summed E-state index contributed by atoms with van der Waals surface area (Å²) in [6.07, 6.45) is 6.64. The average Bonchev–Trinajstić information content (AvgIpc) is 2.55. The van der Waals surface area contributed by atoms with Gasteiger partial charge in [0, 0.05) is 18.2 Å². The number of benzene rings is 1. The minimum Gasteiger partial charge on any atom is -0.492 e. The largest absolute Gasteiger partial charge is 0.492 e. The molecule has 1 amide bonds. The molecule has 1 aromatic carbocycles. The van der Waals surface area contributed by atoms with Crippen molar-refractivity contribution in [1.29, 1.82) is 0 Å². The molecule has 2 rings (SSSR count). The highest BCUT2D eigenvalue weighted by Crippen LogP contribution is 2.21. The molecule has 0 bridgehead atoms. The molecule has 21 heavy (non-hydrogen) atoms. The van der Waals surface area contributed by atoms with E-state index in [1.54, 1.807) is 18.2 Å². The van der Waals surface area contributed by atoms with Gasteiger partial charge >= 0.3 is 0 Å². The van der Waals surface area contributed by atoms with E-state index in [0.29, 0.717) is 24.0 Å². The third-order valence-corrected chi connectivity index (χ3v) is 4.14. The lowest BCUT2D eigenvalue weighted by Gasteiger charge is -2.31. The zero-order chi connectivity index (χ0) is 15.1. The van der Waals surface area contributed by atoms with Crippen molar-refractivity contribution in [3.63, 3.8) is 0 Å². The van der Waals surface area contributed by atoms with Crippen LogP contribution in [0.1, 0.15) is 42.5 Å². The number of nitrogens with zero attached hydrogens (tertiary/aromatic N) is 1. The van der Waals surface area contributed by atoms with E-state index in [4.69, 9.17) is 10.6 Å². The van der Waals surface area contributed by atoms with Gasteiger partial charge in [0.05, 0.1) is 0 Å². The molecule has 116 valence electrons. The van der Waals surface area contributed by atoms with Gasteiger partial charge in [0.1, 0.15) is 12.4 Å². The molecule has 0 radical (unpaired) electrons. The minimum atomic E-state index is -0.306. The molecule has 0 saturated heterocycles. The first-order valence-electron chi connectivity index (χ1n) is 7.65. The second-order valence-corrected chi connectivity index (χ2v) is 5.62. The van der Waals surface area contributed by atoms with Crippen molar-refractivity contribution in [2.75, 3.05) is 20.2 Å². The molecule has 0 aromatic heterocycles. The molecule has 5 nitrogen and oxygen atoms in total. The molecule has 0 atom stereocenters. The van der Waals surface area contributed by atoms with Crippen molar-refractivity contribution in [2.24, 2.45) is 5.84 Å². The minimum absolute atomic E-state index is 0.306. The van der Waals surface area contributed by atoms with Crippen LogP contribution in [0.4, 0.5) is 0 Å². The Morgan fingerprint density at radius 3 is 2.86 bits per heavy atom. The lowest BCUT2D eigenvalue weighted by atomic mass is 9.94. The van der Waals surface area contributed by atoms with Crippen molar-refractivity contribution < 1.29 is 9.53 Å². The van der Waals surface area contributed by atoms with E-state index in [-0.39, 0.29) is 5.91 Å². The summed E-state index contributed by atoms with van der Waals surface area (Å²) in [6, 6.07) is 7.77. The van der Waals surface area contributed by atoms with E-state index >= 15 is 0 Å². The summed E-state index contributed by atoms with van der Waals surface area (Å²) in [5.41, 5.74) is 2.63. The third kappa shape index (κ3) is 4.72. The zero-order valence-electron chi connectivity index (χ0n) is 12.7. The lowest BCUT2D eigenvalue weighted by Crippen LogP contribution is -2.36. The highest BCUT2D eigenvalue weighted by atomic mass is 16.5. The fraction of sp³-hybridized carbons (Fsp3) is 0.562. The molecule has 0 heterocycles. The summed E-state index contributed by atoms with van der Waals surface area (Å²) in [5, 5.41) is 0. The normalized spacial score (nSPS) is 16.0. The van der Waals surface area contributed by atoms with Gasteiger partial charge in [-0.15, -0.1) is 0 Å². The van der Waals surface area contributed by atoms with Gasteiger partial charge in [0.15, 0.2) is 0 Å². The molecule has 1 aliphatic rings. The van der Waals surface area contributed by atoms with Crippen molar-refractivity contribution in [3.05, 3.63) is 29.8 Å². The van der Waals surface area contributed by atoms with E-state index in [0.717, 1.165) is 6.54 Å². The summed E-state index contributed by atoms with van der Waals surface area (Å²) in [7, 11) is 2.16. The molecule has 5 heteroatoms. The first kappa shape index (κ1) is 15.8. The Bertz CT molecular complexity index is 459. The van der Waals surface area contributed by atoms with E-state index in [9.17, 15) is 4.79 Å². The maximum Gasteiger partial charge on any atom is 0.265 e. The van der Waals surface area contributed by atoms with Gasteiger partial charge in [-0.25, -0.2) is 5.84 Å². The van der Waals surface area contributed by atoms with E-state index in [1.165, 1.54) is 32.1 Å². The average molecular weight is 291 g/mol. The van der Waals surface area contributed by atoms with Crippen LogP contribution in [0.3, 0.4) is 0 Å². The molecule has 0 unspecified atom stereocenters. The van der Waals surface area contributed by atoms with Crippen LogP contribution in [-0.2, 0) is 0 Å². The Morgan fingerprint density at radius 2 is 2.14 bits per heavy atom. The van der Waals surface area contributed by atoms with Crippen molar-refractivity contribution >= 4 is 5.91 Å². The topological polar surface area (TPSA) is 67.6 Å². The monoisotopic (exact) mass is 291 g/mol. The van der Waals surface area contributed by atoms with Crippen LogP contribution in [0.15, 0.2) is 24.3 Å². The number of likely N-dealkylation sites (N-methyl/N-ethyl adjacent to an activating group) is 1. The maximum absolute atomic E-state index is 11.5. The Hall–Kier alpha value is -1.59. The Kier molecular flexibility index (Phi) is 6.02. The lowest BCUT2D eigenvalue weighted by molar-refractivity contribution is 0.0953. The van der Waals surface area contributed by atoms with Crippen LogP contribution < -0.4 is 16.0 Å². The number of hydrogen-bond acceptors (Lipinski definition) is 4. The van der Waals surface area contributed by atoms with E-state index < -0.39 is 0 Å². The number of carbonyl (C=O) groups excluding carboxylic acids is 1. The molecule has 0 aliphatic heterocycles. The van der Waals surface area contributed by atoms with Gasteiger partial charge in [-0.05, 0) is 38.1 Å². The quantitative estimate of drug-likeness (QED) is 0.477. The van der Waals surface area contributed by atoms with Gasteiger partial charge in [-0.3, -0.25) is 10.2 Å². The fourth-order valence-corrected chi connectivity index (χ4v) is 2.82. The SMILES string of the molecule is CN(CCOc1cccc(C(=O)NN)c1)C1CCCCC1. The smallest absolute Gasteiger partial charge is 0.265 e. The number of hydrazine groups is 1. The van der Waals surface area contributed by atoms with E-state index in [1.807, 2.05) is 6.07 Å². The molecule has 0 spiro atoms. The number of nitrogen functional groups attached to an aromatic ring is 1. The Balaban J connectivity index is 1.78. The van der Waals surface area contributed by atoms with Gasteiger partial charge in [0.2, 0.25) is 0 Å². The highest BCUT2D eigenvalue weighted by molar-refractivity contribution is 5.94. The number of ether oxygens (including phenoxy) is 1. The molecular formula is C16H25N3O2. The maximum atomic E-state index is 11.5. The first-order chi connectivity index (χ1) is 10.2. The number of carbonyl (C=O) groups is 1. The standard InChI is InChI=1S/C16H25N3O2/c1-19(14-7-3-2-4-8-14)10-11-21-15-9-5-6-13(12-15)16(20)18-17/h5-6,9,12,14H,2-4,7-8,10-11,17H2,1H3,(H,18,20). The van der Waals surface area contributed by atoms with Gasteiger partial charge < -0.3 is 9.64 Å². The van der Waals surface area contributed by atoms with Crippen molar-refractivity contribution in [2.45, 2.75) is 38.1 Å². The Labute approximate surface area is 126 Å². The van der Waals surface area contributed by atoms with E-state index in [2.05, 4.69) is 17.4 Å². The summed E-state index contributed by atoms with van der Waals surface area (Å²) < 4.78 is 5.74. The summed E-state index contributed by atoms with van der Waals surface area (Å²) in [4.78, 5) is 13.8. The predicted molar refractivity (Wildman–Crippen MR) is 83.1 cm³/mol. The number of nitrogens with one attached hydrogen (secondary N) is 1. The summed E-state index contributed by atoms with van der Waals surface area (Å²) in [5.74, 6) is 5.53. The molecule has 1 aliphatic carbocycles. The van der Waals surface area contributed by atoms with Crippen LogP contribution in [0, 0.1) is 0 Å². The zero-order valence-corrected chi connectivity index (χ0v) is 12.7. The predicted octanol–water partition coefficient (Wildman–Crippen LogP) is 1.93. The van der Waals surface area contributed by atoms with Crippen LogP contribution >= 0.6 is 0 Å². The van der Waals surface area contributed by atoms with Gasteiger partial charge in [0.25, 0.3) is 5.91 Å². The Morgan fingerprint density at radius 1 is 1.38 bits per heavy atom. The second-order valence-electron chi connectivity index (χ2n) is 5.62. The van der Waals surface area contributed by atoms with Gasteiger partial charge in [-0.1, -0.05) is 25.3 Å². The van der Waals surface area contributed by atoms with Crippen LogP contribution in [0.2, 0.25) is 0 Å². The van der Waals surface area contributed by atoms with Crippen LogP contribution in [-0.4, -0.2) is 37.0 Å². The first-order valence-corrected chi connectivity index (χ1v) is 7.65. The summed E-state index contributed by atoms with van der Waals surface area (Å²) >= 11 is 0. The second kappa shape index (κ2) is 8.00. The van der Waals surface area contributed by atoms with Crippen molar-refractivity contribution in [3.8, 4) is 5.75 Å². The molecule has 1 aromatic rings. The fourth-order valence-electron chi connectivity index (χ4n) is 2.82. The molecule has 3 N–H and O–H groups in total.